The molecule has 0 heterocycles. The van der Waals surface area contributed by atoms with Crippen LogP contribution in [0.2, 0.25) is 0 Å². The second-order valence-electron chi connectivity index (χ2n) is 6.52. The first kappa shape index (κ1) is 24.0. The van der Waals surface area contributed by atoms with Crippen LogP contribution in [0.25, 0.3) is 0 Å². The van der Waals surface area contributed by atoms with Crippen molar-refractivity contribution in [3.63, 3.8) is 0 Å². The number of carbonyl (C=O) groups excluding carboxylic acids is 3. The van der Waals surface area contributed by atoms with Crippen LogP contribution in [-0.4, -0.2) is 35.4 Å². The zero-order chi connectivity index (χ0) is 20.9. The molecule has 0 saturated heterocycles. The Bertz CT molecular complexity index is 669. The van der Waals surface area contributed by atoms with Crippen molar-refractivity contribution in [2.75, 3.05) is 11.9 Å². The second-order valence-corrected chi connectivity index (χ2v) is 6.85. The Labute approximate surface area is 168 Å². The minimum Gasteiger partial charge on any atom is -0.392 e. The summed E-state index contributed by atoms with van der Waals surface area (Å²) < 4.78 is 5.00. The van der Waals surface area contributed by atoms with E-state index < -0.39 is 17.9 Å². The molecule has 2 atom stereocenters. The van der Waals surface area contributed by atoms with E-state index >= 15 is 0 Å². The van der Waals surface area contributed by atoms with Crippen molar-refractivity contribution in [3.05, 3.63) is 29.3 Å². The summed E-state index contributed by atoms with van der Waals surface area (Å²) in [5.41, 5.74) is 1.93. The maximum Gasteiger partial charge on any atom is 0.246 e. The molecule has 156 valence electrons. The smallest absolute Gasteiger partial charge is 0.246 e. The van der Waals surface area contributed by atoms with Crippen LogP contribution >= 0.6 is 9.47 Å². The van der Waals surface area contributed by atoms with Gasteiger partial charge in [-0.15, -0.1) is 0 Å². The van der Waals surface area contributed by atoms with Crippen molar-refractivity contribution in [1.82, 2.24) is 10.6 Å². The quantitative estimate of drug-likeness (QED) is 0.308. The van der Waals surface area contributed by atoms with Crippen LogP contribution in [-0.2, 0) is 32.1 Å². The fourth-order valence-electron chi connectivity index (χ4n) is 2.52. The highest BCUT2D eigenvalue weighted by Gasteiger charge is 2.16. The van der Waals surface area contributed by atoms with Crippen LogP contribution in [0.4, 0.5) is 5.69 Å². The standard InChI is InChI=1S/C19H30N3O5P/c1-3-4-5-6-17(24)20-10-18(25)21-13(2)19(26)22-16-8-14(11-23)7-15(9-16)12-27-28/h7-9,13,23H,3-6,10-12,28H2,1-2H3,(H,20,24)(H,21,25)(H,22,26). The van der Waals surface area contributed by atoms with Gasteiger partial charge < -0.3 is 25.6 Å². The highest BCUT2D eigenvalue weighted by atomic mass is 31.0. The number of rotatable bonds is 12. The van der Waals surface area contributed by atoms with Crippen molar-refractivity contribution in [1.29, 1.82) is 0 Å². The fourth-order valence-corrected chi connectivity index (χ4v) is 2.71. The zero-order valence-corrected chi connectivity index (χ0v) is 17.6. The van der Waals surface area contributed by atoms with Crippen LogP contribution in [0.15, 0.2) is 18.2 Å². The number of anilines is 1. The van der Waals surface area contributed by atoms with Crippen molar-refractivity contribution >= 4 is 32.9 Å². The first-order valence-electron chi connectivity index (χ1n) is 9.31. The molecular weight excluding hydrogens is 381 g/mol. The second kappa shape index (κ2) is 13.2. The zero-order valence-electron chi connectivity index (χ0n) is 16.4. The molecule has 28 heavy (non-hydrogen) atoms. The van der Waals surface area contributed by atoms with Gasteiger partial charge in [0.1, 0.15) is 6.04 Å². The summed E-state index contributed by atoms with van der Waals surface area (Å²) in [6.07, 6.45) is 3.17. The molecule has 0 aliphatic carbocycles. The van der Waals surface area contributed by atoms with E-state index in [1.807, 2.05) is 0 Å². The van der Waals surface area contributed by atoms with Crippen LogP contribution in [0.1, 0.15) is 50.7 Å². The van der Waals surface area contributed by atoms with E-state index in [0.29, 0.717) is 24.3 Å². The van der Waals surface area contributed by atoms with Crippen molar-refractivity contribution in [3.8, 4) is 0 Å². The Kier molecular flexibility index (Phi) is 11.3. The summed E-state index contributed by atoms with van der Waals surface area (Å²) >= 11 is 0. The largest absolute Gasteiger partial charge is 0.392 e. The van der Waals surface area contributed by atoms with E-state index in [-0.39, 0.29) is 19.1 Å². The van der Waals surface area contributed by atoms with E-state index in [1.165, 1.54) is 0 Å². The molecule has 0 aliphatic heterocycles. The minimum atomic E-state index is -0.788. The number of benzene rings is 1. The number of aliphatic hydroxyl groups is 1. The molecule has 1 rings (SSSR count). The molecule has 0 fully saturated rings. The summed E-state index contributed by atoms with van der Waals surface area (Å²) in [6.45, 7) is 3.58. The lowest BCUT2D eigenvalue weighted by molar-refractivity contribution is -0.128. The minimum absolute atomic E-state index is 0.168. The third kappa shape index (κ3) is 9.26. The van der Waals surface area contributed by atoms with Gasteiger partial charge in [-0.05, 0) is 36.6 Å². The number of hydrogen-bond donors (Lipinski definition) is 4. The summed E-state index contributed by atoms with van der Waals surface area (Å²) in [5.74, 6) is -1.02. The number of nitrogens with one attached hydrogen (secondary N) is 3. The molecule has 0 aliphatic rings. The van der Waals surface area contributed by atoms with Crippen LogP contribution in [0.5, 0.6) is 0 Å². The van der Waals surface area contributed by atoms with Gasteiger partial charge in [0.05, 0.1) is 19.8 Å². The molecule has 1 aromatic carbocycles. The van der Waals surface area contributed by atoms with Gasteiger partial charge in [0.25, 0.3) is 0 Å². The number of aliphatic hydroxyl groups excluding tert-OH is 1. The maximum atomic E-state index is 12.3. The van der Waals surface area contributed by atoms with E-state index in [1.54, 1.807) is 25.1 Å². The summed E-state index contributed by atoms with van der Waals surface area (Å²) in [4.78, 5) is 35.9. The average molecular weight is 411 g/mol. The molecule has 0 spiro atoms. The predicted molar refractivity (Wildman–Crippen MR) is 110 cm³/mol. The number of hydrogen-bond acceptors (Lipinski definition) is 5. The molecule has 4 N–H and O–H groups in total. The number of unbranched alkanes of at least 4 members (excludes halogenated alkanes) is 2. The Balaban J connectivity index is 2.51. The van der Waals surface area contributed by atoms with Gasteiger partial charge in [-0.25, -0.2) is 0 Å². The molecule has 3 amide bonds. The lowest BCUT2D eigenvalue weighted by Crippen LogP contribution is -2.45. The molecule has 0 aromatic heterocycles. The lowest BCUT2D eigenvalue weighted by atomic mass is 10.1. The van der Waals surface area contributed by atoms with Gasteiger partial charge in [-0.2, -0.15) is 0 Å². The fraction of sp³-hybridized carbons (Fsp3) is 0.526. The monoisotopic (exact) mass is 411 g/mol. The van der Waals surface area contributed by atoms with Crippen LogP contribution in [0.3, 0.4) is 0 Å². The van der Waals surface area contributed by atoms with Gasteiger partial charge in [-0.3, -0.25) is 14.4 Å². The number of carbonyl (C=O) groups is 3. The molecule has 0 saturated carbocycles. The molecule has 0 radical (unpaired) electrons. The first-order chi connectivity index (χ1) is 13.4. The van der Waals surface area contributed by atoms with Crippen molar-refractivity contribution in [2.45, 2.75) is 58.8 Å². The van der Waals surface area contributed by atoms with Gasteiger partial charge in [-0.1, -0.05) is 25.8 Å². The Morgan fingerprint density at radius 1 is 1.14 bits per heavy atom. The van der Waals surface area contributed by atoms with Gasteiger partial charge in [0, 0.05) is 21.6 Å². The molecule has 2 unspecified atom stereocenters. The first-order valence-corrected chi connectivity index (χ1v) is 9.79. The maximum absolute atomic E-state index is 12.3. The van der Waals surface area contributed by atoms with Gasteiger partial charge in [0.2, 0.25) is 17.7 Å². The SMILES string of the molecule is CCCCCC(=O)NCC(=O)NC(C)C(=O)Nc1cc(CO)cc(COP)c1. The molecule has 8 nitrogen and oxygen atoms in total. The highest BCUT2D eigenvalue weighted by molar-refractivity contribution is 7.09. The van der Waals surface area contributed by atoms with Crippen LogP contribution in [0, 0.1) is 0 Å². The van der Waals surface area contributed by atoms with Gasteiger partial charge in [0.15, 0.2) is 0 Å². The van der Waals surface area contributed by atoms with E-state index in [9.17, 15) is 19.5 Å². The third-order valence-corrected chi connectivity index (χ3v) is 4.14. The summed E-state index contributed by atoms with van der Waals surface area (Å²) in [7, 11) is 2.14. The predicted octanol–water partition coefficient (Wildman–Crippen LogP) is 1.63. The number of amides is 3. The molecule has 1 aromatic rings. The summed E-state index contributed by atoms with van der Waals surface area (Å²) in [5, 5.41) is 17.1. The molecule has 0 bridgehead atoms. The lowest BCUT2D eigenvalue weighted by Gasteiger charge is -2.15. The van der Waals surface area contributed by atoms with E-state index in [2.05, 4.69) is 32.3 Å². The van der Waals surface area contributed by atoms with Gasteiger partial charge >= 0.3 is 0 Å². The topological polar surface area (TPSA) is 117 Å². The van der Waals surface area contributed by atoms with Crippen molar-refractivity contribution in [2.24, 2.45) is 0 Å². The normalized spacial score (nSPS) is 11.6. The van der Waals surface area contributed by atoms with Crippen LogP contribution < -0.4 is 16.0 Å². The molecular formula is C19H30N3O5P. The van der Waals surface area contributed by atoms with Crippen molar-refractivity contribution < 1.29 is 24.0 Å². The Hall–Kier alpha value is -2.02. The average Bonchev–Trinajstić information content (AvgIpc) is 2.66. The highest BCUT2D eigenvalue weighted by Crippen LogP contribution is 2.17. The summed E-state index contributed by atoms with van der Waals surface area (Å²) in [6, 6.07) is 4.36. The third-order valence-electron chi connectivity index (χ3n) is 3.98. The van der Waals surface area contributed by atoms with E-state index in [0.717, 1.165) is 24.8 Å². The Morgan fingerprint density at radius 3 is 2.50 bits per heavy atom. The van der Waals surface area contributed by atoms with E-state index in [4.69, 9.17) is 4.52 Å². The molecule has 9 heteroatoms. The Morgan fingerprint density at radius 2 is 1.86 bits per heavy atom.